The van der Waals surface area contributed by atoms with Crippen LogP contribution >= 0.6 is 0 Å². The lowest BCUT2D eigenvalue weighted by Crippen LogP contribution is -2.38. The van der Waals surface area contributed by atoms with E-state index in [9.17, 15) is 4.79 Å². The molecule has 0 unspecified atom stereocenters. The van der Waals surface area contributed by atoms with Gasteiger partial charge in [0.15, 0.2) is 0 Å². The smallest absolute Gasteiger partial charge is 0.232 e. The first-order chi connectivity index (χ1) is 12.2. The van der Waals surface area contributed by atoms with Crippen LogP contribution in [0.3, 0.4) is 0 Å². The Balaban J connectivity index is 1.56. The second-order valence-electron chi connectivity index (χ2n) is 6.81. The molecule has 4 atom stereocenters. The van der Waals surface area contributed by atoms with Gasteiger partial charge in [-0.25, -0.2) is 0 Å². The van der Waals surface area contributed by atoms with Crippen molar-refractivity contribution in [2.75, 3.05) is 20.3 Å². The number of ether oxygens (including phenoxy) is 3. The topological polar surface area (TPSA) is 48.0 Å². The maximum atomic E-state index is 13.1. The van der Waals surface area contributed by atoms with Crippen molar-refractivity contribution in [3.8, 4) is 5.75 Å². The van der Waals surface area contributed by atoms with Gasteiger partial charge in [-0.15, -0.1) is 6.58 Å². The number of methoxy groups -OCH3 is 1. The zero-order valence-electron chi connectivity index (χ0n) is 14.4. The number of nitrogens with zero attached hydrogens (tertiary/aromatic N) is 1. The highest BCUT2D eigenvalue weighted by Crippen LogP contribution is 2.46. The summed E-state index contributed by atoms with van der Waals surface area (Å²) in [7, 11) is 1.64. The number of carbonyl (C=O) groups excluding carboxylic acids is 1. The first-order valence-electron chi connectivity index (χ1n) is 8.68. The predicted octanol–water partition coefficient (Wildman–Crippen LogP) is 2.32. The van der Waals surface area contributed by atoms with Crippen molar-refractivity contribution < 1.29 is 19.0 Å². The number of carbonyl (C=O) groups is 1. The number of hydrogen-bond donors (Lipinski definition) is 0. The maximum Gasteiger partial charge on any atom is 0.232 e. The molecule has 1 aromatic carbocycles. The van der Waals surface area contributed by atoms with E-state index in [2.05, 4.69) is 12.7 Å². The molecule has 5 heteroatoms. The van der Waals surface area contributed by atoms with E-state index >= 15 is 0 Å². The molecule has 0 spiro atoms. The van der Waals surface area contributed by atoms with Gasteiger partial charge in [0.1, 0.15) is 29.5 Å². The van der Waals surface area contributed by atoms with Gasteiger partial charge in [0.2, 0.25) is 5.91 Å². The van der Waals surface area contributed by atoms with Gasteiger partial charge in [-0.2, -0.15) is 0 Å². The normalized spacial score (nSPS) is 33.7. The summed E-state index contributed by atoms with van der Waals surface area (Å²) in [4.78, 5) is 15.0. The molecule has 5 nitrogen and oxygen atoms in total. The molecule has 0 bridgehead atoms. The second-order valence-corrected chi connectivity index (χ2v) is 6.81. The highest BCUT2D eigenvalue weighted by Gasteiger charge is 2.62. The van der Waals surface area contributed by atoms with Crippen LogP contribution in [0, 0.1) is 5.92 Å². The fraction of sp³-hybridized carbons (Fsp3) is 0.450. The molecule has 132 valence electrons. The minimum atomic E-state index is -0.666. The summed E-state index contributed by atoms with van der Waals surface area (Å²) in [6.45, 7) is 5.63. The van der Waals surface area contributed by atoms with Crippen molar-refractivity contribution in [1.82, 2.24) is 4.90 Å². The predicted molar refractivity (Wildman–Crippen MR) is 93.2 cm³/mol. The molecule has 4 rings (SSSR count). The lowest BCUT2D eigenvalue weighted by molar-refractivity contribution is -0.135. The summed E-state index contributed by atoms with van der Waals surface area (Å²) >= 11 is 0. The fourth-order valence-corrected chi connectivity index (χ4v) is 4.09. The number of amides is 1. The molecular formula is C20H23NO4. The molecular weight excluding hydrogens is 318 g/mol. The van der Waals surface area contributed by atoms with Crippen LogP contribution < -0.4 is 4.74 Å². The molecule has 0 N–H and O–H groups in total. The monoisotopic (exact) mass is 341 g/mol. The van der Waals surface area contributed by atoms with Crippen molar-refractivity contribution in [2.45, 2.75) is 30.8 Å². The van der Waals surface area contributed by atoms with Crippen LogP contribution in [0.1, 0.15) is 12.0 Å². The average molecular weight is 341 g/mol. The Bertz CT molecular complexity index is 698. The Labute approximate surface area is 147 Å². The molecule has 3 aliphatic rings. The first kappa shape index (κ1) is 16.4. The van der Waals surface area contributed by atoms with Crippen molar-refractivity contribution in [1.29, 1.82) is 0 Å². The van der Waals surface area contributed by atoms with Crippen LogP contribution in [0.25, 0.3) is 0 Å². The molecule has 0 aromatic heterocycles. The molecule has 2 fully saturated rings. The molecule has 0 radical (unpaired) electrons. The molecule has 1 amide bonds. The highest BCUT2D eigenvalue weighted by molar-refractivity contribution is 5.85. The molecule has 0 saturated carbocycles. The van der Waals surface area contributed by atoms with E-state index in [-0.39, 0.29) is 24.0 Å². The van der Waals surface area contributed by atoms with E-state index in [0.717, 1.165) is 17.7 Å². The lowest BCUT2D eigenvalue weighted by Gasteiger charge is -2.24. The highest BCUT2D eigenvalue weighted by atomic mass is 16.6. The Kier molecular flexibility index (Phi) is 4.13. The summed E-state index contributed by atoms with van der Waals surface area (Å²) in [6, 6.07) is 7.78. The Hall–Kier alpha value is -2.11. The van der Waals surface area contributed by atoms with Gasteiger partial charge >= 0.3 is 0 Å². The quantitative estimate of drug-likeness (QED) is 0.789. The summed E-state index contributed by atoms with van der Waals surface area (Å²) < 4.78 is 17.4. The Morgan fingerprint density at radius 2 is 2.20 bits per heavy atom. The summed E-state index contributed by atoms with van der Waals surface area (Å²) in [5, 5.41) is 0. The van der Waals surface area contributed by atoms with Crippen LogP contribution in [0.4, 0.5) is 0 Å². The van der Waals surface area contributed by atoms with Crippen LogP contribution in [0.15, 0.2) is 49.1 Å². The van der Waals surface area contributed by atoms with Gasteiger partial charge in [0.05, 0.1) is 20.3 Å². The molecule has 2 saturated heterocycles. The third-order valence-electron chi connectivity index (χ3n) is 5.35. The van der Waals surface area contributed by atoms with Gasteiger partial charge < -0.3 is 19.1 Å². The van der Waals surface area contributed by atoms with Crippen molar-refractivity contribution in [2.24, 2.45) is 5.92 Å². The third kappa shape index (κ3) is 2.68. The van der Waals surface area contributed by atoms with Gasteiger partial charge in [0.25, 0.3) is 0 Å². The minimum absolute atomic E-state index is 0.0820. The largest absolute Gasteiger partial charge is 0.497 e. The van der Waals surface area contributed by atoms with Crippen LogP contribution in [0.5, 0.6) is 5.75 Å². The fourth-order valence-electron chi connectivity index (χ4n) is 4.09. The number of benzene rings is 1. The van der Waals surface area contributed by atoms with Crippen LogP contribution in [0.2, 0.25) is 0 Å². The molecule has 3 heterocycles. The third-order valence-corrected chi connectivity index (χ3v) is 5.35. The van der Waals surface area contributed by atoms with Crippen molar-refractivity contribution >= 4 is 5.91 Å². The zero-order chi connectivity index (χ0) is 17.4. The second kappa shape index (κ2) is 6.32. The zero-order valence-corrected chi connectivity index (χ0v) is 14.4. The molecule has 25 heavy (non-hydrogen) atoms. The van der Waals surface area contributed by atoms with Gasteiger partial charge in [-0.05, 0) is 24.1 Å². The number of fused-ring (bicyclic) bond motifs is 3. The van der Waals surface area contributed by atoms with E-state index in [1.165, 1.54) is 0 Å². The number of rotatable bonds is 4. The average Bonchev–Trinajstić information content (AvgIpc) is 2.96. The standard InChI is InChI=1S/C20H23NO4/c1-3-20-13-21(12-14-7-9-15(23-2)10-8-14)19(22)17(20)18-16(25-20)6-4-5-11-24-18/h3-4,6-10,16-18H,1,5,11-13H2,2H3/t16-,17+,18+,20-/m0/s1. The van der Waals surface area contributed by atoms with Crippen molar-refractivity contribution in [3.05, 3.63) is 54.6 Å². The number of hydrogen-bond acceptors (Lipinski definition) is 4. The van der Waals surface area contributed by atoms with E-state index < -0.39 is 5.60 Å². The maximum absolute atomic E-state index is 13.1. The van der Waals surface area contributed by atoms with Gasteiger partial charge in [-0.3, -0.25) is 4.79 Å². The molecule has 1 aromatic rings. The molecule has 3 aliphatic heterocycles. The lowest BCUT2D eigenvalue weighted by atomic mass is 9.87. The molecule has 0 aliphatic carbocycles. The van der Waals surface area contributed by atoms with Gasteiger partial charge in [-0.1, -0.05) is 30.4 Å². The van der Waals surface area contributed by atoms with Gasteiger partial charge in [0, 0.05) is 6.54 Å². The van der Waals surface area contributed by atoms with E-state index in [4.69, 9.17) is 14.2 Å². The summed E-state index contributed by atoms with van der Waals surface area (Å²) in [5.41, 5.74) is 0.396. The Morgan fingerprint density at radius 1 is 1.40 bits per heavy atom. The number of likely N-dealkylation sites (tertiary alicyclic amines) is 1. The SMILES string of the molecule is C=C[C@]12CN(Cc3ccc(OC)cc3)C(=O)[C@H]1[C@@H]1OCCC=C[C@@H]1O2. The minimum Gasteiger partial charge on any atom is -0.497 e. The first-order valence-corrected chi connectivity index (χ1v) is 8.68. The van der Waals surface area contributed by atoms with E-state index in [1.54, 1.807) is 13.2 Å². The summed E-state index contributed by atoms with van der Waals surface area (Å²) in [5.74, 6) is 0.565. The van der Waals surface area contributed by atoms with Crippen molar-refractivity contribution in [3.63, 3.8) is 0 Å². The summed E-state index contributed by atoms with van der Waals surface area (Å²) in [6.07, 6.45) is 6.34. The van der Waals surface area contributed by atoms with Crippen LogP contribution in [-0.2, 0) is 20.8 Å². The Morgan fingerprint density at radius 3 is 2.92 bits per heavy atom. The van der Waals surface area contributed by atoms with E-state index in [0.29, 0.717) is 19.7 Å². The van der Waals surface area contributed by atoms with Crippen LogP contribution in [-0.4, -0.2) is 48.9 Å². The van der Waals surface area contributed by atoms with E-state index in [1.807, 2.05) is 35.2 Å².